The number of nitrogens with zero attached hydrogens (tertiary/aromatic N) is 1. The zero-order valence-electron chi connectivity index (χ0n) is 11.8. The molecular formula is C15H18N2O3. The van der Waals surface area contributed by atoms with Crippen LogP contribution in [0.25, 0.3) is 0 Å². The van der Waals surface area contributed by atoms with Crippen LogP contribution in [0.15, 0.2) is 18.2 Å². The lowest BCUT2D eigenvalue weighted by Gasteiger charge is -2.19. The molecule has 0 saturated heterocycles. The van der Waals surface area contributed by atoms with Crippen molar-refractivity contribution in [1.29, 1.82) is 5.26 Å². The topological polar surface area (TPSA) is 90.2 Å². The summed E-state index contributed by atoms with van der Waals surface area (Å²) in [5.41, 5.74) is 2.30. The van der Waals surface area contributed by atoms with Gasteiger partial charge in [-0.3, -0.25) is 4.79 Å². The molecule has 0 aromatic heterocycles. The van der Waals surface area contributed by atoms with Gasteiger partial charge in [0.05, 0.1) is 6.07 Å². The third-order valence-electron chi connectivity index (χ3n) is 3.02. The molecule has 0 radical (unpaired) electrons. The van der Waals surface area contributed by atoms with Crippen molar-refractivity contribution in [1.82, 2.24) is 5.32 Å². The van der Waals surface area contributed by atoms with E-state index in [0.717, 1.165) is 11.1 Å². The highest BCUT2D eigenvalue weighted by molar-refractivity contribution is 5.97. The molecule has 20 heavy (non-hydrogen) atoms. The second-order valence-corrected chi connectivity index (χ2v) is 5.01. The summed E-state index contributed by atoms with van der Waals surface area (Å²) in [4.78, 5) is 23.3. The molecule has 106 valence electrons. The maximum atomic E-state index is 12.1. The number of rotatable bonds is 5. The van der Waals surface area contributed by atoms with Crippen LogP contribution in [0.3, 0.4) is 0 Å². The summed E-state index contributed by atoms with van der Waals surface area (Å²) in [6, 6.07) is 6.20. The minimum Gasteiger partial charge on any atom is -0.480 e. The second kappa shape index (κ2) is 6.71. The molecule has 2 atom stereocenters. The van der Waals surface area contributed by atoms with Crippen molar-refractivity contribution >= 4 is 11.9 Å². The number of hydrogen-bond donors (Lipinski definition) is 2. The smallest absolute Gasteiger partial charge is 0.326 e. The number of carboxylic acid groups (broad SMARTS) is 1. The third-order valence-corrected chi connectivity index (χ3v) is 3.02. The molecule has 1 amide bonds. The SMILES string of the molecule is Cc1cc(C)cc(C(=O)N[C@H](C(=O)O)[C@H](C)CC#N)c1. The fraction of sp³-hybridized carbons (Fsp3) is 0.400. The number of amides is 1. The standard InChI is InChI=1S/C15H18N2O3/c1-9-6-10(2)8-12(7-9)14(18)17-13(15(19)20)11(3)4-5-16/h6-8,11,13H,4H2,1-3H3,(H,17,18)(H,19,20)/t11-,13+/m1/s1. The average Bonchev–Trinajstić information content (AvgIpc) is 2.34. The zero-order valence-corrected chi connectivity index (χ0v) is 11.8. The highest BCUT2D eigenvalue weighted by atomic mass is 16.4. The van der Waals surface area contributed by atoms with Gasteiger partial charge < -0.3 is 10.4 Å². The molecular weight excluding hydrogens is 256 g/mol. The van der Waals surface area contributed by atoms with Crippen LogP contribution in [0.4, 0.5) is 0 Å². The fourth-order valence-electron chi connectivity index (χ4n) is 2.04. The minimum atomic E-state index is -1.13. The molecule has 1 rings (SSSR count). The van der Waals surface area contributed by atoms with Crippen LogP contribution in [-0.4, -0.2) is 23.0 Å². The van der Waals surface area contributed by atoms with E-state index in [4.69, 9.17) is 10.4 Å². The van der Waals surface area contributed by atoms with E-state index in [0.29, 0.717) is 5.56 Å². The first-order valence-electron chi connectivity index (χ1n) is 6.34. The number of nitrogens with one attached hydrogen (secondary N) is 1. The van der Waals surface area contributed by atoms with Crippen LogP contribution in [0, 0.1) is 31.1 Å². The Hall–Kier alpha value is -2.35. The molecule has 0 aliphatic carbocycles. The number of aryl methyl sites for hydroxylation is 2. The van der Waals surface area contributed by atoms with Gasteiger partial charge in [-0.25, -0.2) is 4.79 Å². The van der Waals surface area contributed by atoms with E-state index in [9.17, 15) is 9.59 Å². The Morgan fingerprint density at radius 1 is 1.30 bits per heavy atom. The van der Waals surface area contributed by atoms with Crippen molar-refractivity contribution in [2.45, 2.75) is 33.2 Å². The molecule has 0 saturated carbocycles. The number of carboxylic acids is 1. The first kappa shape index (κ1) is 15.7. The maximum absolute atomic E-state index is 12.1. The Balaban J connectivity index is 2.91. The molecule has 0 aliphatic rings. The molecule has 2 N–H and O–H groups in total. The van der Waals surface area contributed by atoms with Gasteiger partial charge in [0.15, 0.2) is 0 Å². The highest BCUT2D eigenvalue weighted by Gasteiger charge is 2.26. The van der Waals surface area contributed by atoms with Crippen molar-refractivity contribution < 1.29 is 14.7 Å². The van der Waals surface area contributed by atoms with Crippen molar-refractivity contribution in [3.05, 3.63) is 34.9 Å². The van der Waals surface area contributed by atoms with Gasteiger partial charge in [0, 0.05) is 17.9 Å². The van der Waals surface area contributed by atoms with Gasteiger partial charge in [-0.15, -0.1) is 0 Å². The van der Waals surface area contributed by atoms with Gasteiger partial charge in [-0.1, -0.05) is 24.1 Å². The van der Waals surface area contributed by atoms with E-state index < -0.39 is 23.8 Å². The largest absolute Gasteiger partial charge is 0.480 e. The van der Waals surface area contributed by atoms with Gasteiger partial charge in [-0.2, -0.15) is 5.26 Å². The number of carbonyl (C=O) groups is 2. The first-order valence-corrected chi connectivity index (χ1v) is 6.34. The third kappa shape index (κ3) is 4.09. The van der Waals surface area contributed by atoms with Gasteiger partial charge in [0.1, 0.15) is 6.04 Å². The van der Waals surface area contributed by atoms with Gasteiger partial charge in [0.2, 0.25) is 0 Å². The zero-order chi connectivity index (χ0) is 15.3. The number of aliphatic carboxylic acids is 1. The van der Waals surface area contributed by atoms with Crippen LogP contribution in [-0.2, 0) is 4.79 Å². The molecule has 0 unspecified atom stereocenters. The van der Waals surface area contributed by atoms with Crippen LogP contribution in [0.1, 0.15) is 34.8 Å². The van der Waals surface area contributed by atoms with Crippen LogP contribution >= 0.6 is 0 Å². The van der Waals surface area contributed by atoms with Crippen LogP contribution < -0.4 is 5.32 Å². The average molecular weight is 274 g/mol. The van der Waals surface area contributed by atoms with Crippen molar-refractivity contribution in [3.8, 4) is 6.07 Å². The monoisotopic (exact) mass is 274 g/mol. The Bertz CT molecular complexity index is 540. The van der Waals surface area contributed by atoms with E-state index >= 15 is 0 Å². The van der Waals surface area contributed by atoms with E-state index in [-0.39, 0.29) is 6.42 Å². The van der Waals surface area contributed by atoms with E-state index in [1.54, 1.807) is 19.1 Å². The van der Waals surface area contributed by atoms with E-state index in [2.05, 4.69) is 5.32 Å². The summed E-state index contributed by atoms with van der Waals surface area (Å²) >= 11 is 0. The van der Waals surface area contributed by atoms with Gasteiger partial charge in [-0.05, 0) is 26.0 Å². The summed E-state index contributed by atoms with van der Waals surface area (Å²) in [5.74, 6) is -2.02. The molecule has 0 bridgehead atoms. The van der Waals surface area contributed by atoms with E-state index in [1.807, 2.05) is 26.0 Å². The number of hydrogen-bond acceptors (Lipinski definition) is 3. The van der Waals surface area contributed by atoms with Crippen molar-refractivity contribution in [2.75, 3.05) is 0 Å². The highest BCUT2D eigenvalue weighted by Crippen LogP contribution is 2.12. The van der Waals surface area contributed by atoms with Gasteiger partial charge >= 0.3 is 5.97 Å². The molecule has 1 aromatic carbocycles. The molecule has 1 aromatic rings. The quantitative estimate of drug-likeness (QED) is 0.859. The van der Waals surface area contributed by atoms with Crippen molar-refractivity contribution in [3.63, 3.8) is 0 Å². The predicted octanol–water partition coefficient (Wildman–Crippen LogP) is 2.04. The first-order chi connectivity index (χ1) is 9.35. The Morgan fingerprint density at radius 2 is 1.85 bits per heavy atom. The lowest BCUT2D eigenvalue weighted by Crippen LogP contribution is -2.45. The molecule has 5 heteroatoms. The normalized spacial score (nSPS) is 13.1. The predicted molar refractivity (Wildman–Crippen MR) is 74.2 cm³/mol. The summed E-state index contributed by atoms with van der Waals surface area (Å²) in [7, 11) is 0. The summed E-state index contributed by atoms with van der Waals surface area (Å²) in [5, 5.41) is 20.3. The number of carbonyl (C=O) groups excluding carboxylic acids is 1. The fourth-order valence-corrected chi connectivity index (χ4v) is 2.04. The lowest BCUT2D eigenvalue weighted by atomic mass is 9.98. The number of nitriles is 1. The summed E-state index contributed by atoms with van der Waals surface area (Å²) < 4.78 is 0. The van der Waals surface area contributed by atoms with Gasteiger partial charge in [0.25, 0.3) is 5.91 Å². The molecule has 5 nitrogen and oxygen atoms in total. The molecule has 0 spiro atoms. The lowest BCUT2D eigenvalue weighted by molar-refractivity contribution is -0.140. The Morgan fingerprint density at radius 3 is 2.30 bits per heavy atom. The maximum Gasteiger partial charge on any atom is 0.326 e. The summed E-state index contributed by atoms with van der Waals surface area (Å²) in [6.07, 6.45) is 0.0735. The van der Waals surface area contributed by atoms with E-state index in [1.165, 1.54) is 0 Å². The minimum absolute atomic E-state index is 0.0735. The molecule has 0 fully saturated rings. The molecule has 0 aliphatic heterocycles. The summed E-state index contributed by atoms with van der Waals surface area (Å²) in [6.45, 7) is 5.37. The second-order valence-electron chi connectivity index (χ2n) is 5.01. The van der Waals surface area contributed by atoms with Crippen LogP contribution in [0.5, 0.6) is 0 Å². The number of benzene rings is 1. The van der Waals surface area contributed by atoms with Crippen LogP contribution in [0.2, 0.25) is 0 Å². The van der Waals surface area contributed by atoms with Crippen molar-refractivity contribution in [2.24, 2.45) is 5.92 Å². The Labute approximate surface area is 118 Å². The Kier molecular flexibility index (Phi) is 5.27. The molecule has 0 heterocycles.